The Morgan fingerprint density at radius 3 is 2.45 bits per heavy atom. The number of hydrogen-bond donors (Lipinski definition) is 0. The van der Waals surface area contributed by atoms with Crippen molar-refractivity contribution in [2.75, 3.05) is 0 Å². The molecule has 22 heavy (non-hydrogen) atoms. The van der Waals surface area contributed by atoms with Crippen molar-refractivity contribution in [3.8, 4) is 6.07 Å². The van der Waals surface area contributed by atoms with E-state index in [-0.39, 0.29) is 22.6 Å². The Labute approximate surface area is 130 Å². The van der Waals surface area contributed by atoms with Crippen LogP contribution in [0.5, 0.6) is 0 Å². The van der Waals surface area contributed by atoms with Gasteiger partial charge in [0, 0.05) is 10.8 Å². The molecule has 3 rings (SSSR count). The van der Waals surface area contributed by atoms with Gasteiger partial charge in [0.15, 0.2) is 11.6 Å². The lowest BCUT2D eigenvalue weighted by Gasteiger charge is -2.52. The molecule has 0 heterocycles. The molecule has 3 aliphatic carbocycles. The zero-order chi connectivity index (χ0) is 16.3. The Kier molecular flexibility index (Phi) is 2.79. The van der Waals surface area contributed by atoms with Crippen LogP contribution in [0, 0.1) is 27.6 Å². The Hall–Kier alpha value is -2.21. The summed E-state index contributed by atoms with van der Waals surface area (Å²) in [5, 5.41) is 9.35. The second kappa shape index (κ2) is 4.16. The van der Waals surface area contributed by atoms with Crippen molar-refractivity contribution in [3.63, 3.8) is 0 Å². The highest BCUT2D eigenvalue weighted by molar-refractivity contribution is 6.07. The molecule has 0 amide bonds. The number of hydrogen-bond acceptors (Lipinski definition) is 3. The summed E-state index contributed by atoms with van der Waals surface area (Å²) >= 11 is 0. The molecule has 112 valence electrons. The highest BCUT2D eigenvalue weighted by Crippen LogP contribution is 2.60. The third-order valence-corrected chi connectivity index (χ3v) is 5.41. The third-order valence-electron chi connectivity index (χ3n) is 5.41. The Bertz CT molecular complexity index is 770. The lowest BCUT2D eigenvalue weighted by Crippen LogP contribution is -2.46. The zero-order valence-electron chi connectivity index (χ0n) is 13.4. The summed E-state index contributed by atoms with van der Waals surface area (Å²) < 4.78 is 0. The van der Waals surface area contributed by atoms with Gasteiger partial charge in [-0.15, -0.1) is 0 Å². The van der Waals surface area contributed by atoms with E-state index in [4.69, 9.17) is 0 Å². The van der Waals surface area contributed by atoms with Crippen LogP contribution >= 0.6 is 0 Å². The van der Waals surface area contributed by atoms with Crippen LogP contribution in [0.3, 0.4) is 0 Å². The molecular weight excluding hydrogens is 274 g/mol. The number of rotatable bonds is 0. The lowest BCUT2D eigenvalue weighted by atomic mass is 9.50. The molecule has 0 fully saturated rings. The monoisotopic (exact) mass is 293 g/mol. The van der Waals surface area contributed by atoms with Crippen LogP contribution in [0.4, 0.5) is 0 Å². The molecule has 1 unspecified atom stereocenters. The molecule has 0 saturated carbocycles. The van der Waals surface area contributed by atoms with Crippen LogP contribution in [0.1, 0.15) is 34.1 Å². The number of carbonyl (C=O) groups is 2. The van der Waals surface area contributed by atoms with Crippen molar-refractivity contribution in [2.24, 2.45) is 16.2 Å². The standard InChI is InChI=1S/C19H19NO2/c1-17(2)14-6-8-18(3)7-5-13(21)9-15(18)19(14,4)10-12(11-20)16(17)22/h5-7,9-10H,8H2,1-4H3/t18?,19-/m0/s1. The molecule has 0 aromatic rings. The molecule has 0 N–H and O–H groups in total. The van der Waals surface area contributed by atoms with Crippen molar-refractivity contribution >= 4 is 11.6 Å². The molecule has 0 spiro atoms. The van der Waals surface area contributed by atoms with E-state index in [1.165, 1.54) is 0 Å². The fourth-order valence-electron chi connectivity index (χ4n) is 4.26. The third kappa shape index (κ3) is 1.67. The fraction of sp³-hybridized carbons (Fsp3) is 0.421. The molecule has 3 nitrogen and oxygen atoms in total. The first-order valence-electron chi connectivity index (χ1n) is 7.50. The zero-order valence-corrected chi connectivity index (χ0v) is 13.4. The summed E-state index contributed by atoms with van der Waals surface area (Å²) in [7, 11) is 0. The maximum Gasteiger partial charge on any atom is 0.182 e. The van der Waals surface area contributed by atoms with E-state index in [0.717, 1.165) is 17.6 Å². The summed E-state index contributed by atoms with van der Waals surface area (Å²) in [4.78, 5) is 24.5. The van der Waals surface area contributed by atoms with E-state index >= 15 is 0 Å². The van der Waals surface area contributed by atoms with Crippen molar-refractivity contribution in [2.45, 2.75) is 34.1 Å². The largest absolute Gasteiger partial charge is 0.292 e. The van der Waals surface area contributed by atoms with Crippen LogP contribution in [0.25, 0.3) is 0 Å². The van der Waals surface area contributed by atoms with Crippen molar-refractivity contribution in [1.29, 1.82) is 5.26 Å². The highest BCUT2D eigenvalue weighted by Gasteiger charge is 2.54. The number of ketones is 2. The average Bonchev–Trinajstić information content (AvgIpc) is 2.45. The van der Waals surface area contributed by atoms with Gasteiger partial charge in [-0.05, 0) is 56.6 Å². The number of allylic oxidation sites excluding steroid dienone is 8. The SMILES string of the molecule is CC12C=CC(=O)C=C1[C@@]1(C)C=C(C#N)C(=O)C(C)(C)C1=CC2. The van der Waals surface area contributed by atoms with Crippen molar-refractivity contribution < 1.29 is 9.59 Å². The van der Waals surface area contributed by atoms with Crippen molar-refractivity contribution in [1.82, 2.24) is 0 Å². The molecule has 0 saturated heterocycles. The molecule has 0 aliphatic heterocycles. The summed E-state index contributed by atoms with van der Waals surface area (Å²) in [5.41, 5.74) is 0.655. The molecule has 2 atom stereocenters. The number of nitriles is 1. The summed E-state index contributed by atoms with van der Waals surface area (Å²) in [6.07, 6.45) is 9.89. The van der Waals surface area contributed by atoms with Crippen molar-refractivity contribution in [3.05, 3.63) is 47.1 Å². The summed E-state index contributed by atoms with van der Waals surface area (Å²) in [6, 6.07) is 2.04. The minimum Gasteiger partial charge on any atom is -0.292 e. The van der Waals surface area contributed by atoms with Gasteiger partial charge in [0.25, 0.3) is 0 Å². The number of Topliss-reactive ketones (excluding diaryl/α,β-unsaturated/α-hetero) is 1. The first-order valence-corrected chi connectivity index (χ1v) is 7.50. The molecule has 3 heteroatoms. The van der Waals surface area contributed by atoms with E-state index in [1.54, 1.807) is 18.2 Å². The van der Waals surface area contributed by atoms with Crippen LogP contribution in [-0.2, 0) is 9.59 Å². The fourth-order valence-corrected chi connectivity index (χ4v) is 4.26. The van der Waals surface area contributed by atoms with Crippen LogP contribution in [-0.4, -0.2) is 11.6 Å². The van der Waals surface area contributed by atoms with Gasteiger partial charge in [0.1, 0.15) is 6.07 Å². The normalized spacial score (nSPS) is 35.7. The van der Waals surface area contributed by atoms with Crippen LogP contribution in [0.15, 0.2) is 47.1 Å². The number of carbonyl (C=O) groups excluding carboxylic acids is 2. The molecule has 0 aromatic carbocycles. The molecule has 0 radical (unpaired) electrons. The van der Waals surface area contributed by atoms with E-state index in [2.05, 4.69) is 13.0 Å². The van der Waals surface area contributed by atoms with E-state index < -0.39 is 10.8 Å². The second-order valence-electron chi connectivity index (χ2n) is 7.36. The van der Waals surface area contributed by atoms with Gasteiger partial charge >= 0.3 is 0 Å². The lowest BCUT2D eigenvalue weighted by molar-refractivity contribution is -0.122. The summed E-state index contributed by atoms with van der Waals surface area (Å²) in [6.45, 7) is 7.85. The van der Waals surface area contributed by atoms with Gasteiger partial charge < -0.3 is 0 Å². The van der Waals surface area contributed by atoms with Gasteiger partial charge in [-0.25, -0.2) is 0 Å². The Balaban J connectivity index is 2.33. The Morgan fingerprint density at radius 1 is 1.14 bits per heavy atom. The molecule has 0 bridgehead atoms. The summed E-state index contributed by atoms with van der Waals surface area (Å²) in [5.74, 6) is -0.169. The smallest absolute Gasteiger partial charge is 0.182 e. The quantitative estimate of drug-likeness (QED) is 0.643. The minimum absolute atomic E-state index is 0.0310. The molecule has 0 aromatic heterocycles. The van der Waals surface area contributed by atoms with Crippen LogP contribution in [0.2, 0.25) is 0 Å². The van der Waals surface area contributed by atoms with Gasteiger partial charge in [-0.1, -0.05) is 19.1 Å². The van der Waals surface area contributed by atoms with Gasteiger partial charge in [-0.3, -0.25) is 9.59 Å². The van der Waals surface area contributed by atoms with Gasteiger partial charge in [0.2, 0.25) is 0 Å². The first-order chi connectivity index (χ1) is 10.1. The maximum absolute atomic E-state index is 12.5. The average molecular weight is 293 g/mol. The van der Waals surface area contributed by atoms with E-state index in [0.29, 0.717) is 0 Å². The Morgan fingerprint density at radius 2 is 1.82 bits per heavy atom. The number of fused-ring (bicyclic) bond motifs is 3. The maximum atomic E-state index is 12.5. The predicted octanol–water partition coefficient (Wildman–Crippen LogP) is 3.45. The van der Waals surface area contributed by atoms with E-state index in [1.807, 2.05) is 32.9 Å². The molecule has 3 aliphatic rings. The molecular formula is C19H19NO2. The number of nitrogens with zero attached hydrogens (tertiary/aromatic N) is 1. The van der Waals surface area contributed by atoms with E-state index in [9.17, 15) is 14.9 Å². The van der Waals surface area contributed by atoms with Crippen LogP contribution < -0.4 is 0 Å². The second-order valence-corrected chi connectivity index (χ2v) is 7.36. The minimum atomic E-state index is -0.721. The highest BCUT2D eigenvalue weighted by atomic mass is 16.1. The predicted molar refractivity (Wildman–Crippen MR) is 83.6 cm³/mol. The van der Waals surface area contributed by atoms with Gasteiger partial charge in [-0.2, -0.15) is 5.26 Å². The topological polar surface area (TPSA) is 57.9 Å². The first kappa shape index (κ1) is 14.7. The van der Waals surface area contributed by atoms with Gasteiger partial charge in [0.05, 0.1) is 11.0 Å².